The molecule has 0 atom stereocenters. The van der Waals surface area contributed by atoms with Crippen LogP contribution in [-0.2, 0) is 33.3 Å². The van der Waals surface area contributed by atoms with Crippen molar-refractivity contribution in [3.63, 3.8) is 0 Å². The van der Waals surface area contributed by atoms with E-state index in [-0.39, 0.29) is 25.2 Å². The molecule has 0 spiro atoms. The molecule has 0 rings (SSSR count). The lowest BCUT2D eigenvalue weighted by Gasteiger charge is -2.07. The van der Waals surface area contributed by atoms with E-state index in [1.54, 1.807) is 0 Å². The van der Waals surface area contributed by atoms with E-state index in [2.05, 4.69) is 0 Å². The molecule has 0 aromatic heterocycles. The molecule has 0 heterocycles. The quantitative estimate of drug-likeness (QED) is 0.349. The smallest absolute Gasteiger partial charge is 0.332 e. The minimum atomic E-state index is -0.370. The van der Waals surface area contributed by atoms with Gasteiger partial charge in [0.15, 0.2) is 0 Å². The van der Waals surface area contributed by atoms with Crippen molar-refractivity contribution in [2.75, 3.05) is 52.9 Å². The standard InChI is InChI=1S/C14H26O7/c1-3-5-20-13(15)11-18-9-7-17-8-10-19-12-14(16)21-6-4-2/h3-12H2,1-2H3. The maximum absolute atomic E-state index is 11.1. The van der Waals surface area contributed by atoms with Crippen molar-refractivity contribution in [3.8, 4) is 0 Å². The Morgan fingerprint density at radius 1 is 0.619 bits per heavy atom. The van der Waals surface area contributed by atoms with E-state index in [0.717, 1.165) is 12.8 Å². The molecule has 0 bridgehead atoms. The topological polar surface area (TPSA) is 80.3 Å². The second-order valence-corrected chi connectivity index (χ2v) is 4.16. The zero-order valence-electron chi connectivity index (χ0n) is 12.9. The van der Waals surface area contributed by atoms with Crippen LogP contribution in [0.3, 0.4) is 0 Å². The Labute approximate surface area is 125 Å². The first kappa shape index (κ1) is 19.8. The number of hydrogen-bond acceptors (Lipinski definition) is 7. The number of ether oxygens (including phenoxy) is 5. The Morgan fingerprint density at radius 3 is 1.38 bits per heavy atom. The minimum Gasteiger partial charge on any atom is -0.464 e. The minimum absolute atomic E-state index is 0.0663. The van der Waals surface area contributed by atoms with Crippen LogP contribution in [-0.4, -0.2) is 64.8 Å². The molecule has 0 aliphatic rings. The van der Waals surface area contributed by atoms with Crippen LogP contribution in [0.1, 0.15) is 26.7 Å². The Hall–Kier alpha value is -1.18. The largest absolute Gasteiger partial charge is 0.464 e. The normalized spacial score (nSPS) is 10.4. The first-order valence-corrected chi connectivity index (χ1v) is 7.25. The SMILES string of the molecule is CCCOC(=O)COCCOCCOCC(=O)OCCC. The molecule has 0 aliphatic heterocycles. The fourth-order valence-electron chi connectivity index (χ4n) is 1.16. The van der Waals surface area contributed by atoms with Gasteiger partial charge in [0.25, 0.3) is 0 Å². The summed E-state index contributed by atoms with van der Waals surface area (Å²) in [4.78, 5) is 22.1. The zero-order chi connectivity index (χ0) is 15.8. The fraction of sp³-hybridized carbons (Fsp3) is 0.857. The summed E-state index contributed by atoms with van der Waals surface area (Å²) < 4.78 is 25.0. The average molecular weight is 306 g/mol. The molecular weight excluding hydrogens is 280 g/mol. The van der Waals surface area contributed by atoms with Crippen LogP contribution in [0.4, 0.5) is 0 Å². The Morgan fingerprint density at radius 2 is 1.00 bits per heavy atom. The lowest BCUT2D eigenvalue weighted by molar-refractivity contribution is -0.149. The summed E-state index contributed by atoms with van der Waals surface area (Å²) in [5.74, 6) is -0.739. The zero-order valence-corrected chi connectivity index (χ0v) is 12.9. The Kier molecular flexibility index (Phi) is 14.4. The van der Waals surface area contributed by atoms with E-state index in [1.165, 1.54) is 0 Å². The van der Waals surface area contributed by atoms with Crippen molar-refractivity contribution < 1.29 is 33.3 Å². The van der Waals surface area contributed by atoms with Gasteiger partial charge < -0.3 is 23.7 Å². The summed E-state index contributed by atoms with van der Waals surface area (Å²) in [6.07, 6.45) is 1.58. The van der Waals surface area contributed by atoms with Crippen LogP contribution in [0.25, 0.3) is 0 Å². The van der Waals surface area contributed by atoms with Gasteiger partial charge in [-0.2, -0.15) is 0 Å². The molecule has 0 N–H and O–H groups in total. The van der Waals surface area contributed by atoms with Crippen molar-refractivity contribution in [2.24, 2.45) is 0 Å². The Bertz CT molecular complexity index is 242. The highest BCUT2D eigenvalue weighted by Crippen LogP contribution is 1.87. The fourth-order valence-corrected chi connectivity index (χ4v) is 1.16. The van der Waals surface area contributed by atoms with Gasteiger partial charge in [-0.3, -0.25) is 0 Å². The molecule has 0 amide bonds. The van der Waals surface area contributed by atoms with E-state index in [9.17, 15) is 9.59 Å². The maximum atomic E-state index is 11.1. The number of hydrogen-bond donors (Lipinski definition) is 0. The van der Waals surface area contributed by atoms with Crippen molar-refractivity contribution in [2.45, 2.75) is 26.7 Å². The van der Waals surface area contributed by atoms with Gasteiger partial charge in [0.2, 0.25) is 0 Å². The molecule has 0 aromatic rings. The molecule has 0 radical (unpaired) electrons. The molecule has 0 aromatic carbocycles. The molecule has 124 valence electrons. The molecule has 0 unspecified atom stereocenters. The van der Waals surface area contributed by atoms with Gasteiger partial charge in [0, 0.05) is 0 Å². The van der Waals surface area contributed by atoms with Crippen LogP contribution in [0, 0.1) is 0 Å². The first-order chi connectivity index (χ1) is 10.2. The summed E-state index contributed by atoms with van der Waals surface area (Å²) in [6, 6.07) is 0. The average Bonchev–Trinajstić information content (AvgIpc) is 2.49. The molecule has 21 heavy (non-hydrogen) atoms. The van der Waals surface area contributed by atoms with Crippen LogP contribution in [0.5, 0.6) is 0 Å². The molecule has 0 fully saturated rings. The second-order valence-electron chi connectivity index (χ2n) is 4.16. The summed E-state index contributed by atoms with van der Waals surface area (Å²) in [7, 11) is 0. The van der Waals surface area contributed by atoms with Gasteiger partial charge in [-0.1, -0.05) is 13.8 Å². The lowest BCUT2D eigenvalue weighted by atomic mass is 10.5. The van der Waals surface area contributed by atoms with Crippen LogP contribution in [0.2, 0.25) is 0 Å². The van der Waals surface area contributed by atoms with Crippen molar-refractivity contribution in [1.82, 2.24) is 0 Å². The van der Waals surface area contributed by atoms with Crippen LogP contribution in [0.15, 0.2) is 0 Å². The van der Waals surface area contributed by atoms with E-state index in [0.29, 0.717) is 39.6 Å². The number of rotatable bonds is 14. The first-order valence-electron chi connectivity index (χ1n) is 7.25. The number of esters is 2. The van der Waals surface area contributed by atoms with E-state index < -0.39 is 0 Å². The van der Waals surface area contributed by atoms with Gasteiger partial charge in [-0.15, -0.1) is 0 Å². The Balaban J connectivity index is 3.19. The molecule has 7 nitrogen and oxygen atoms in total. The molecule has 0 saturated carbocycles. The van der Waals surface area contributed by atoms with Gasteiger partial charge in [0.1, 0.15) is 13.2 Å². The number of carbonyl (C=O) groups is 2. The number of carbonyl (C=O) groups excluding carboxylic acids is 2. The van der Waals surface area contributed by atoms with Gasteiger partial charge in [-0.05, 0) is 12.8 Å². The summed E-state index contributed by atoms with van der Waals surface area (Å²) >= 11 is 0. The van der Waals surface area contributed by atoms with Crippen molar-refractivity contribution in [1.29, 1.82) is 0 Å². The van der Waals surface area contributed by atoms with Gasteiger partial charge in [-0.25, -0.2) is 9.59 Å². The summed E-state index contributed by atoms with van der Waals surface area (Å²) in [5.41, 5.74) is 0. The summed E-state index contributed by atoms with van der Waals surface area (Å²) in [6.45, 7) is 5.86. The third kappa shape index (κ3) is 15.0. The van der Waals surface area contributed by atoms with Crippen molar-refractivity contribution >= 4 is 11.9 Å². The lowest BCUT2D eigenvalue weighted by Crippen LogP contribution is -2.17. The van der Waals surface area contributed by atoms with E-state index in [1.807, 2.05) is 13.8 Å². The van der Waals surface area contributed by atoms with Crippen LogP contribution >= 0.6 is 0 Å². The maximum Gasteiger partial charge on any atom is 0.332 e. The van der Waals surface area contributed by atoms with E-state index in [4.69, 9.17) is 23.7 Å². The highest BCUT2D eigenvalue weighted by Gasteiger charge is 2.02. The van der Waals surface area contributed by atoms with Gasteiger partial charge >= 0.3 is 11.9 Å². The highest BCUT2D eigenvalue weighted by molar-refractivity contribution is 5.70. The molecule has 0 saturated heterocycles. The van der Waals surface area contributed by atoms with Gasteiger partial charge in [0.05, 0.1) is 39.6 Å². The third-order valence-corrected chi connectivity index (χ3v) is 2.12. The highest BCUT2D eigenvalue weighted by atomic mass is 16.6. The third-order valence-electron chi connectivity index (χ3n) is 2.12. The summed E-state index contributed by atoms with van der Waals surface area (Å²) in [5, 5.41) is 0. The second kappa shape index (κ2) is 15.2. The predicted octanol–water partition coefficient (Wildman–Crippen LogP) is 0.943. The predicted molar refractivity (Wildman–Crippen MR) is 75.0 cm³/mol. The molecule has 7 heteroatoms. The molecular formula is C14H26O7. The van der Waals surface area contributed by atoms with Crippen molar-refractivity contribution in [3.05, 3.63) is 0 Å². The molecule has 0 aliphatic carbocycles. The van der Waals surface area contributed by atoms with E-state index >= 15 is 0 Å². The monoisotopic (exact) mass is 306 g/mol. The van der Waals surface area contributed by atoms with Crippen LogP contribution < -0.4 is 0 Å².